The van der Waals surface area contributed by atoms with Crippen LogP contribution in [-0.2, 0) is 11.4 Å². The summed E-state index contributed by atoms with van der Waals surface area (Å²) in [5, 5.41) is 11.8. The van der Waals surface area contributed by atoms with E-state index in [0.717, 1.165) is 24.6 Å². The van der Waals surface area contributed by atoms with Crippen LogP contribution < -0.4 is 14.8 Å². The van der Waals surface area contributed by atoms with Gasteiger partial charge in [-0.3, -0.25) is 9.59 Å². The highest BCUT2D eigenvalue weighted by Gasteiger charge is 2.31. The van der Waals surface area contributed by atoms with Crippen LogP contribution in [0, 0.1) is 0 Å². The maximum atomic E-state index is 12.9. The summed E-state index contributed by atoms with van der Waals surface area (Å²) in [7, 11) is 0. The van der Waals surface area contributed by atoms with E-state index in [0.29, 0.717) is 27.3 Å². The fraction of sp³-hybridized carbons (Fsp3) is 0.250. The lowest BCUT2D eigenvalue weighted by Gasteiger charge is -2.27. The molecule has 0 atom stereocenters. The first-order valence-corrected chi connectivity index (χ1v) is 10.7. The van der Waals surface area contributed by atoms with Crippen molar-refractivity contribution in [3.05, 3.63) is 70.7 Å². The second-order valence-electron chi connectivity index (χ2n) is 7.47. The van der Waals surface area contributed by atoms with Crippen LogP contribution >= 0.6 is 11.6 Å². The first-order chi connectivity index (χ1) is 16.2. The van der Waals surface area contributed by atoms with Gasteiger partial charge in [-0.1, -0.05) is 48.0 Å². The van der Waals surface area contributed by atoms with E-state index >= 15 is 0 Å². The molecule has 0 saturated heterocycles. The lowest BCUT2D eigenvalue weighted by molar-refractivity contribution is -0.274. The number of hydrogen-bond acceptors (Lipinski definition) is 4. The predicted octanol–water partition coefficient (Wildman–Crippen LogP) is 5.95. The van der Waals surface area contributed by atoms with E-state index in [9.17, 15) is 18.0 Å². The SMILES string of the molecule is O=C(NC1CCC1)c1cc(Cl)c2ccccc2c1OCc1ccc(OC(F)(F)F)cc1.O=CO. The molecule has 1 saturated carbocycles. The molecule has 4 rings (SSSR count). The van der Waals surface area contributed by atoms with Crippen LogP contribution in [0.2, 0.25) is 5.02 Å². The minimum atomic E-state index is -4.75. The molecule has 0 aliphatic heterocycles. The van der Waals surface area contributed by atoms with Crippen LogP contribution in [-0.4, -0.2) is 29.9 Å². The lowest BCUT2D eigenvalue weighted by Crippen LogP contribution is -2.39. The van der Waals surface area contributed by atoms with Crippen molar-refractivity contribution < 1.29 is 37.3 Å². The topological polar surface area (TPSA) is 84.9 Å². The zero-order valence-corrected chi connectivity index (χ0v) is 18.5. The Hall–Kier alpha value is -3.46. The highest BCUT2D eigenvalue weighted by atomic mass is 35.5. The van der Waals surface area contributed by atoms with Gasteiger partial charge in [0.25, 0.3) is 12.4 Å². The Morgan fingerprint density at radius 3 is 2.29 bits per heavy atom. The highest BCUT2D eigenvalue weighted by Crippen LogP contribution is 2.36. The molecule has 6 nitrogen and oxygen atoms in total. The minimum absolute atomic E-state index is 0.0572. The molecule has 10 heteroatoms. The second-order valence-corrected chi connectivity index (χ2v) is 7.87. The molecule has 0 unspecified atom stereocenters. The predicted molar refractivity (Wildman–Crippen MR) is 120 cm³/mol. The Balaban J connectivity index is 0.00000103. The number of hydrogen-bond donors (Lipinski definition) is 2. The first kappa shape index (κ1) is 25.2. The fourth-order valence-corrected chi connectivity index (χ4v) is 3.66. The number of halogens is 4. The lowest BCUT2D eigenvalue weighted by atomic mass is 9.92. The Morgan fingerprint density at radius 1 is 1.12 bits per heavy atom. The zero-order valence-electron chi connectivity index (χ0n) is 17.8. The molecule has 0 bridgehead atoms. The van der Waals surface area contributed by atoms with E-state index in [1.165, 1.54) is 24.3 Å². The first-order valence-electron chi connectivity index (χ1n) is 10.3. The number of carboxylic acid groups (broad SMARTS) is 1. The number of alkyl halides is 3. The van der Waals surface area contributed by atoms with Crippen molar-refractivity contribution in [1.82, 2.24) is 5.32 Å². The number of nitrogens with one attached hydrogen (secondary N) is 1. The minimum Gasteiger partial charge on any atom is -0.487 e. The third-order valence-electron chi connectivity index (χ3n) is 5.17. The van der Waals surface area contributed by atoms with Gasteiger partial charge in [-0.15, -0.1) is 13.2 Å². The number of benzene rings is 3. The molecule has 0 spiro atoms. The average molecular weight is 496 g/mol. The third-order valence-corrected chi connectivity index (χ3v) is 5.48. The summed E-state index contributed by atoms with van der Waals surface area (Å²) in [6.45, 7) is -0.193. The molecule has 2 N–H and O–H groups in total. The molecule has 180 valence electrons. The maximum Gasteiger partial charge on any atom is 0.573 e. The molecular weight excluding hydrogens is 475 g/mol. The molecule has 1 fully saturated rings. The zero-order chi connectivity index (χ0) is 24.7. The van der Waals surface area contributed by atoms with Gasteiger partial charge in [0.1, 0.15) is 18.1 Å². The van der Waals surface area contributed by atoms with Gasteiger partial charge in [0.15, 0.2) is 0 Å². The number of rotatable bonds is 6. The van der Waals surface area contributed by atoms with E-state index in [1.54, 1.807) is 6.07 Å². The van der Waals surface area contributed by atoms with Gasteiger partial charge in [0, 0.05) is 21.8 Å². The van der Waals surface area contributed by atoms with E-state index in [1.807, 2.05) is 24.3 Å². The monoisotopic (exact) mass is 495 g/mol. The Labute approximate surface area is 198 Å². The molecule has 34 heavy (non-hydrogen) atoms. The van der Waals surface area contributed by atoms with Gasteiger partial charge < -0.3 is 19.9 Å². The fourth-order valence-electron chi connectivity index (χ4n) is 3.39. The van der Waals surface area contributed by atoms with Crippen molar-refractivity contribution in [2.75, 3.05) is 0 Å². The molecule has 0 aromatic heterocycles. The van der Waals surface area contributed by atoms with Crippen molar-refractivity contribution in [2.24, 2.45) is 0 Å². The normalized spacial score (nSPS) is 13.3. The van der Waals surface area contributed by atoms with Gasteiger partial charge in [-0.05, 0) is 43.0 Å². The number of amides is 1. The van der Waals surface area contributed by atoms with Gasteiger partial charge in [-0.25, -0.2) is 0 Å². The summed E-state index contributed by atoms with van der Waals surface area (Å²) < 4.78 is 46.9. The summed E-state index contributed by atoms with van der Waals surface area (Å²) in [6.07, 6.45) is -1.78. The number of ether oxygens (including phenoxy) is 2. The van der Waals surface area contributed by atoms with Crippen LogP contribution in [0.4, 0.5) is 13.2 Å². The van der Waals surface area contributed by atoms with Crippen LogP contribution in [0.5, 0.6) is 11.5 Å². The van der Waals surface area contributed by atoms with Gasteiger partial charge in [0.2, 0.25) is 0 Å². The van der Waals surface area contributed by atoms with E-state index in [2.05, 4.69) is 10.1 Å². The van der Waals surface area contributed by atoms with Crippen molar-refractivity contribution in [1.29, 1.82) is 0 Å². The molecular formula is C24H21ClF3NO5. The largest absolute Gasteiger partial charge is 0.573 e. The summed E-state index contributed by atoms with van der Waals surface area (Å²) in [5.41, 5.74) is 0.950. The molecule has 1 aliphatic rings. The average Bonchev–Trinajstić information content (AvgIpc) is 2.76. The van der Waals surface area contributed by atoms with Crippen LogP contribution in [0.25, 0.3) is 10.8 Å². The molecule has 1 amide bonds. The van der Waals surface area contributed by atoms with Crippen molar-refractivity contribution >= 4 is 34.8 Å². The summed E-state index contributed by atoms with van der Waals surface area (Å²) >= 11 is 6.41. The Kier molecular flexibility index (Phi) is 8.22. The van der Waals surface area contributed by atoms with Crippen LogP contribution in [0.1, 0.15) is 35.2 Å². The number of carbonyl (C=O) groups excluding carboxylic acids is 1. The second kappa shape index (κ2) is 11.1. The molecule has 0 radical (unpaired) electrons. The van der Waals surface area contributed by atoms with E-state index in [-0.39, 0.29) is 30.8 Å². The third kappa shape index (κ3) is 6.54. The smallest absolute Gasteiger partial charge is 0.487 e. The highest BCUT2D eigenvalue weighted by molar-refractivity contribution is 6.36. The van der Waals surface area contributed by atoms with Crippen molar-refractivity contribution in [3.63, 3.8) is 0 Å². The van der Waals surface area contributed by atoms with Gasteiger partial charge >= 0.3 is 6.36 Å². The van der Waals surface area contributed by atoms with Crippen LogP contribution in [0.3, 0.4) is 0 Å². The van der Waals surface area contributed by atoms with E-state index in [4.69, 9.17) is 26.2 Å². The Bertz CT molecular complexity index is 1150. The van der Waals surface area contributed by atoms with E-state index < -0.39 is 6.36 Å². The molecule has 1 aliphatic carbocycles. The van der Waals surface area contributed by atoms with Crippen LogP contribution in [0.15, 0.2) is 54.6 Å². The van der Waals surface area contributed by atoms with Crippen molar-refractivity contribution in [2.45, 2.75) is 38.3 Å². The summed E-state index contributed by atoms with van der Waals surface area (Å²) in [5.74, 6) is -0.192. The number of carbonyl (C=O) groups is 2. The molecule has 3 aromatic carbocycles. The molecule has 0 heterocycles. The van der Waals surface area contributed by atoms with Gasteiger partial charge in [0.05, 0.1) is 5.56 Å². The molecule has 3 aromatic rings. The Morgan fingerprint density at radius 2 is 1.74 bits per heavy atom. The number of fused-ring (bicyclic) bond motifs is 1. The maximum absolute atomic E-state index is 12.9. The van der Waals surface area contributed by atoms with Crippen molar-refractivity contribution in [3.8, 4) is 11.5 Å². The van der Waals surface area contributed by atoms with Gasteiger partial charge in [-0.2, -0.15) is 0 Å². The quantitative estimate of drug-likeness (QED) is 0.412. The standard InChI is InChI=1S/C23H19ClF3NO3.CH2O2/c24-20-12-19(22(29)28-15-4-3-5-15)21(18-7-2-1-6-17(18)20)30-13-14-8-10-16(11-9-14)31-23(25,26)27;2-1-3/h1-2,6-12,15H,3-5,13H2,(H,28,29);1H,(H,2,3). The summed E-state index contributed by atoms with van der Waals surface area (Å²) in [4.78, 5) is 21.2. The summed E-state index contributed by atoms with van der Waals surface area (Å²) in [6, 6.07) is 14.4.